The van der Waals surface area contributed by atoms with E-state index in [1.807, 2.05) is 19.1 Å². The van der Waals surface area contributed by atoms with E-state index in [9.17, 15) is 24.0 Å². The maximum atomic E-state index is 14.4. The second kappa shape index (κ2) is 21.8. The molecule has 2 aromatic carbocycles. The molecule has 0 saturated carbocycles. The normalized spacial score (nSPS) is 18.4. The van der Waals surface area contributed by atoms with E-state index in [0.717, 1.165) is 17.7 Å². The maximum absolute atomic E-state index is 14.4. The van der Waals surface area contributed by atoms with Crippen molar-refractivity contribution in [3.63, 3.8) is 0 Å². The van der Waals surface area contributed by atoms with Crippen LogP contribution in [-0.2, 0) is 19.1 Å². The first-order valence-electron chi connectivity index (χ1n) is 22.6. The van der Waals surface area contributed by atoms with Gasteiger partial charge in [0.1, 0.15) is 25.5 Å². The number of rotatable bonds is 22. The van der Waals surface area contributed by atoms with Crippen LogP contribution in [0.25, 0.3) is 0 Å². The molecule has 4 heterocycles. The van der Waals surface area contributed by atoms with E-state index in [2.05, 4.69) is 44.6 Å². The van der Waals surface area contributed by atoms with Gasteiger partial charge in [0.15, 0.2) is 23.0 Å². The molecular formula is C48H65N5O12Si2. The fraction of sp³-hybridized carbons (Fsp3) is 0.479. The molecule has 0 bridgehead atoms. The second-order valence-electron chi connectivity index (χ2n) is 19.2. The molecule has 67 heavy (non-hydrogen) atoms. The van der Waals surface area contributed by atoms with Crippen molar-refractivity contribution in [1.29, 1.82) is 0 Å². The highest BCUT2D eigenvalue weighted by molar-refractivity contribution is 6.76. The maximum Gasteiger partial charge on any atom is 0.404 e. The Bertz CT molecular complexity index is 2340. The Morgan fingerprint density at radius 2 is 1.13 bits per heavy atom. The number of carboxylic acid groups (broad SMARTS) is 1. The molecule has 0 saturated heterocycles. The van der Waals surface area contributed by atoms with Crippen LogP contribution in [0, 0.1) is 0 Å². The van der Waals surface area contributed by atoms with Crippen LogP contribution >= 0.6 is 0 Å². The van der Waals surface area contributed by atoms with E-state index in [4.69, 9.17) is 33.5 Å². The molecule has 2 N–H and O–H groups in total. The topological polar surface area (TPSA) is 186 Å². The van der Waals surface area contributed by atoms with Crippen molar-refractivity contribution in [3.8, 4) is 23.0 Å². The van der Waals surface area contributed by atoms with E-state index in [0.29, 0.717) is 60.3 Å². The van der Waals surface area contributed by atoms with Gasteiger partial charge in [-0.3, -0.25) is 29.0 Å². The lowest BCUT2D eigenvalue weighted by Crippen LogP contribution is -2.45. The van der Waals surface area contributed by atoms with Gasteiger partial charge in [-0.2, -0.15) is 0 Å². The number of allylic oxidation sites excluding steroid dienone is 3. The van der Waals surface area contributed by atoms with Gasteiger partial charge in [-0.1, -0.05) is 63.6 Å². The summed E-state index contributed by atoms with van der Waals surface area (Å²) in [7, 11) is 0.0827. The minimum Gasteiger partial charge on any atom is -0.493 e. The Kier molecular flexibility index (Phi) is 16.4. The van der Waals surface area contributed by atoms with Crippen molar-refractivity contribution in [2.45, 2.75) is 89.6 Å². The van der Waals surface area contributed by atoms with Crippen LogP contribution in [0.15, 0.2) is 72.1 Å². The number of anilines is 2. The third-order valence-electron chi connectivity index (χ3n) is 11.6. The molecule has 4 aliphatic rings. The summed E-state index contributed by atoms with van der Waals surface area (Å²) in [4.78, 5) is 73.8. The first-order chi connectivity index (χ1) is 31.8. The van der Waals surface area contributed by atoms with Gasteiger partial charge in [0.2, 0.25) is 0 Å². The van der Waals surface area contributed by atoms with Crippen LogP contribution in [0.5, 0.6) is 23.0 Å². The zero-order chi connectivity index (χ0) is 48.6. The number of nitrogens with one attached hydrogen (secondary N) is 1. The number of amides is 5. The van der Waals surface area contributed by atoms with Crippen molar-refractivity contribution in [1.82, 2.24) is 15.1 Å². The average Bonchev–Trinajstić information content (AvgIpc) is 3.88. The molecule has 2 atom stereocenters. The summed E-state index contributed by atoms with van der Waals surface area (Å²) in [6, 6.07) is 6.69. The molecular weight excluding hydrogens is 895 g/mol. The minimum absolute atomic E-state index is 0.0316. The highest BCUT2D eigenvalue weighted by Gasteiger charge is 2.44. The van der Waals surface area contributed by atoms with Crippen molar-refractivity contribution in [2.75, 3.05) is 70.5 Å². The van der Waals surface area contributed by atoms with Crippen LogP contribution in [-0.4, -0.2) is 134 Å². The van der Waals surface area contributed by atoms with Crippen molar-refractivity contribution in [2.24, 2.45) is 0 Å². The number of hydrogen-bond donors (Lipinski definition) is 2. The van der Waals surface area contributed by atoms with E-state index >= 15 is 0 Å². The van der Waals surface area contributed by atoms with Gasteiger partial charge in [0.25, 0.3) is 23.6 Å². The van der Waals surface area contributed by atoms with Crippen LogP contribution < -0.4 is 34.1 Å². The Labute approximate surface area is 394 Å². The second-order valence-corrected chi connectivity index (χ2v) is 30.4. The van der Waals surface area contributed by atoms with Crippen molar-refractivity contribution in [3.05, 3.63) is 83.2 Å². The zero-order valence-corrected chi connectivity index (χ0v) is 42.1. The predicted octanol–water partition coefficient (Wildman–Crippen LogP) is 7.47. The largest absolute Gasteiger partial charge is 0.493 e. The summed E-state index contributed by atoms with van der Waals surface area (Å²) in [5, 5.41) is 11.2. The Morgan fingerprint density at radius 1 is 0.687 bits per heavy atom. The highest BCUT2D eigenvalue weighted by Crippen LogP contribution is 2.43. The van der Waals surface area contributed by atoms with Gasteiger partial charge in [0.05, 0.1) is 49.9 Å². The molecule has 0 aliphatic carbocycles. The monoisotopic (exact) mass is 959 g/mol. The molecule has 2 aromatic rings. The summed E-state index contributed by atoms with van der Waals surface area (Å²) >= 11 is 0. The first-order valence-corrected chi connectivity index (χ1v) is 30.1. The molecule has 6 rings (SSSR count). The molecule has 5 amide bonds. The lowest BCUT2D eigenvalue weighted by atomic mass is 10.1. The standard InChI is InChI=1S/C48H65N5O12Si2/c1-10-13-32-22-38-46(56)52(30-62-18-20-66(4,5)6)36-26-42(40(60-2)24-34(36)44(54)50(38)28-32)64-16-12-17-65-43-27-37-35(25-41(43)61-3)45(55)51-29-33(14-11-15-49-48(58)59)23-39(51)47(57)53(37)31-63-19-21-67(7,8)9/h10-11,13-14,24-29,38-39,49H,12,15-23,30-31H2,1-9H3,(H,58,59)/t38-,39-/m0/s1. The number of benzene rings is 2. The summed E-state index contributed by atoms with van der Waals surface area (Å²) in [6.45, 7) is 16.6. The third-order valence-corrected chi connectivity index (χ3v) is 15.0. The summed E-state index contributed by atoms with van der Waals surface area (Å²) in [5.41, 5.74) is 2.78. The molecule has 19 heteroatoms. The van der Waals surface area contributed by atoms with Crippen molar-refractivity contribution >= 4 is 57.2 Å². The van der Waals surface area contributed by atoms with Gasteiger partial charge in [-0.25, -0.2) is 4.79 Å². The molecule has 4 aliphatic heterocycles. The summed E-state index contributed by atoms with van der Waals surface area (Å²) < 4.78 is 36.2. The highest BCUT2D eigenvalue weighted by atomic mass is 28.3. The number of methoxy groups -OCH3 is 2. The number of ether oxygens (including phenoxy) is 6. The summed E-state index contributed by atoms with van der Waals surface area (Å²) in [5.74, 6) is -0.0926. The number of hydrogen-bond acceptors (Lipinski definition) is 11. The molecule has 17 nitrogen and oxygen atoms in total. The van der Waals surface area contributed by atoms with E-state index < -0.39 is 40.2 Å². The average molecular weight is 960 g/mol. The van der Waals surface area contributed by atoms with Crippen LogP contribution in [0.3, 0.4) is 0 Å². The lowest BCUT2D eigenvalue weighted by Gasteiger charge is -2.27. The molecule has 0 aromatic heterocycles. The number of carbonyl (C=O) groups excluding carboxylic acids is 4. The predicted molar refractivity (Wildman–Crippen MR) is 260 cm³/mol. The fourth-order valence-corrected chi connectivity index (χ4v) is 9.47. The van der Waals surface area contributed by atoms with E-state index in [-0.39, 0.29) is 74.2 Å². The van der Waals surface area contributed by atoms with Crippen LogP contribution in [0.2, 0.25) is 51.4 Å². The van der Waals surface area contributed by atoms with Gasteiger partial charge in [0, 0.05) is 79.7 Å². The van der Waals surface area contributed by atoms with E-state index in [1.165, 1.54) is 33.8 Å². The molecule has 0 spiro atoms. The Morgan fingerprint density at radius 3 is 1.54 bits per heavy atom. The molecule has 362 valence electrons. The minimum atomic E-state index is -1.46. The Balaban J connectivity index is 1.21. The number of nitrogens with zero attached hydrogens (tertiary/aromatic N) is 4. The van der Waals surface area contributed by atoms with Crippen LogP contribution in [0.4, 0.5) is 16.2 Å². The quantitative estimate of drug-likeness (QED) is 0.0878. The SMILES string of the molecule is CC=CC1=CN2C(=O)c3cc(OC)c(OCCCOc4cc5c(cc4OC)C(=O)N4C=C(C=CCNC(=O)O)C[C@H]4C(=O)N5COCC[Si](C)(C)C)cc3N(COCC[Si](C)(C)C)C(=O)[C@@H]2C1. The van der Waals surface area contributed by atoms with Gasteiger partial charge < -0.3 is 48.6 Å². The fourth-order valence-electron chi connectivity index (χ4n) is 7.96. The smallest absolute Gasteiger partial charge is 0.404 e. The van der Waals surface area contributed by atoms with Crippen molar-refractivity contribution < 1.29 is 57.5 Å². The van der Waals surface area contributed by atoms with Gasteiger partial charge in [-0.15, -0.1) is 0 Å². The zero-order valence-electron chi connectivity index (χ0n) is 40.1. The summed E-state index contributed by atoms with van der Waals surface area (Å²) in [6.07, 6.45) is 10.3. The Hall–Kier alpha value is -5.90. The van der Waals surface area contributed by atoms with Gasteiger partial charge >= 0.3 is 6.09 Å². The first kappa shape index (κ1) is 50.5. The van der Waals surface area contributed by atoms with Gasteiger partial charge in [-0.05, 0) is 42.3 Å². The van der Waals surface area contributed by atoms with Crippen LogP contribution in [0.1, 0.15) is 46.9 Å². The third kappa shape index (κ3) is 12.4. The van der Waals surface area contributed by atoms with E-state index in [1.54, 1.807) is 48.8 Å². The lowest BCUT2D eigenvalue weighted by molar-refractivity contribution is -0.123. The molecule has 0 radical (unpaired) electrons. The molecule has 0 fully saturated rings. The molecule has 0 unspecified atom stereocenters. The number of carbonyl (C=O) groups is 5. The number of fused-ring (bicyclic) bond motifs is 4.